The normalized spacial score (nSPS) is 15.7. The monoisotopic (exact) mass is 314 g/mol. The minimum atomic E-state index is 1.06. The smallest absolute Gasteiger partial charge is 0.0390 e. The van der Waals surface area contributed by atoms with E-state index in [-0.39, 0.29) is 0 Å². The standard InChI is InChI=1S/C22H22N2/c1-17-7-3-9-19(15-17)20-10-4-12-21(16-20)24-22-13-5-8-18(22)11-6-14-23-2/h3-4,6-7,9-16,24H,2,5,8H2,1H3/b14-6-,18-11+. The van der Waals surface area contributed by atoms with Gasteiger partial charge in [-0.25, -0.2) is 0 Å². The van der Waals surface area contributed by atoms with Gasteiger partial charge < -0.3 is 5.32 Å². The molecule has 0 heterocycles. The Bertz CT molecular complexity index is 825. The first-order valence-electron chi connectivity index (χ1n) is 8.22. The summed E-state index contributed by atoms with van der Waals surface area (Å²) in [4.78, 5) is 3.74. The lowest BCUT2D eigenvalue weighted by Crippen LogP contribution is -1.99. The summed E-state index contributed by atoms with van der Waals surface area (Å²) in [6, 6.07) is 17.1. The number of aryl methyl sites for hydroxylation is 1. The number of hydrogen-bond donors (Lipinski definition) is 1. The van der Waals surface area contributed by atoms with E-state index in [1.165, 1.54) is 28.0 Å². The lowest BCUT2D eigenvalue weighted by atomic mass is 10.0. The highest BCUT2D eigenvalue weighted by atomic mass is 14.9. The van der Waals surface area contributed by atoms with E-state index in [2.05, 4.69) is 84.6 Å². The average Bonchev–Trinajstić information content (AvgIpc) is 3.02. The van der Waals surface area contributed by atoms with Gasteiger partial charge in [-0.1, -0.05) is 54.1 Å². The van der Waals surface area contributed by atoms with Crippen LogP contribution in [0.15, 0.2) is 89.2 Å². The van der Waals surface area contributed by atoms with Crippen LogP contribution in [0.3, 0.4) is 0 Å². The van der Waals surface area contributed by atoms with Gasteiger partial charge in [0.1, 0.15) is 0 Å². The third-order valence-electron chi connectivity index (χ3n) is 4.09. The van der Waals surface area contributed by atoms with Crippen molar-refractivity contribution < 1.29 is 0 Å². The van der Waals surface area contributed by atoms with E-state index in [0.717, 1.165) is 18.5 Å². The minimum Gasteiger partial charge on any atom is -0.356 e. The average molecular weight is 314 g/mol. The fourth-order valence-corrected chi connectivity index (χ4v) is 2.92. The maximum atomic E-state index is 3.74. The Morgan fingerprint density at radius 2 is 1.88 bits per heavy atom. The molecule has 0 radical (unpaired) electrons. The molecule has 1 aliphatic rings. The Morgan fingerprint density at radius 3 is 2.67 bits per heavy atom. The van der Waals surface area contributed by atoms with Crippen LogP contribution < -0.4 is 5.32 Å². The third-order valence-corrected chi connectivity index (χ3v) is 4.09. The third kappa shape index (κ3) is 3.90. The van der Waals surface area contributed by atoms with E-state index < -0.39 is 0 Å². The molecule has 0 bridgehead atoms. The number of allylic oxidation sites excluding steroid dienone is 4. The van der Waals surface area contributed by atoms with Crippen LogP contribution in [-0.2, 0) is 0 Å². The molecule has 2 aromatic rings. The number of anilines is 1. The van der Waals surface area contributed by atoms with Gasteiger partial charge in [-0.3, -0.25) is 4.99 Å². The van der Waals surface area contributed by atoms with Gasteiger partial charge in [0.05, 0.1) is 0 Å². The van der Waals surface area contributed by atoms with Gasteiger partial charge >= 0.3 is 0 Å². The molecule has 24 heavy (non-hydrogen) atoms. The Hall–Kier alpha value is -2.87. The molecular weight excluding hydrogens is 292 g/mol. The summed E-state index contributed by atoms with van der Waals surface area (Å²) < 4.78 is 0. The highest BCUT2D eigenvalue weighted by molar-refractivity contribution is 5.70. The van der Waals surface area contributed by atoms with E-state index in [0.29, 0.717) is 0 Å². The molecule has 0 amide bonds. The topological polar surface area (TPSA) is 24.4 Å². The van der Waals surface area contributed by atoms with Crippen LogP contribution in [0.5, 0.6) is 0 Å². The maximum Gasteiger partial charge on any atom is 0.0390 e. The van der Waals surface area contributed by atoms with Crippen molar-refractivity contribution in [3.8, 4) is 11.1 Å². The molecule has 2 aromatic carbocycles. The first-order chi connectivity index (χ1) is 11.8. The van der Waals surface area contributed by atoms with E-state index in [1.807, 2.05) is 6.08 Å². The largest absolute Gasteiger partial charge is 0.356 e. The van der Waals surface area contributed by atoms with Crippen LogP contribution in [0.25, 0.3) is 11.1 Å². The van der Waals surface area contributed by atoms with Gasteiger partial charge in [-0.15, -0.1) is 0 Å². The van der Waals surface area contributed by atoms with Crippen molar-refractivity contribution in [3.05, 3.63) is 89.8 Å². The fourth-order valence-electron chi connectivity index (χ4n) is 2.92. The van der Waals surface area contributed by atoms with Crippen LogP contribution in [0.2, 0.25) is 0 Å². The quantitative estimate of drug-likeness (QED) is 0.683. The van der Waals surface area contributed by atoms with Crippen LogP contribution in [0.1, 0.15) is 18.4 Å². The molecule has 2 heteroatoms. The summed E-state index contributed by atoms with van der Waals surface area (Å²) in [6.45, 7) is 5.58. The zero-order valence-electron chi connectivity index (χ0n) is 14.0. The van der Waals surface area contributed by atoms with Gasteiger partial charge in [-0.2, -0.15) is 0 Å². The number of aliphatic imine (C=N–C) groups is 1. The Labute approximate surface area is 144 Å². The van der Waals surface area contributed by atoms with Crippen molar-refractivity contribution in [2.75, 3.05) is 5.32 Å². The Morgan fingerprint density at radius 1 is 1.08 bits per heavy atom. The van der Waals surface area contributed by atoms with Crippen LogP contribution >= 0.6 is 0 Å². The van der Waals surface area contributed by atoms with Crippen molar-refractivity contribution in [1.82, 2.24) is 0 Å². The molecule has 0 spiro atoms. The van der Waals surface area contributed by atoms with Gasteiger partial charge in [0, 0.05) is 17.6 Å². The van der Waals surface area contributed by atoms with Crippen LogP contribution in [-0.4, -0.2) is 6.72 Å². The zero-order chi connectivity index (χ0) is 16.8. The van der Waals surface area contributed by atoms with Gasteiger partial charge in [-0.05, 0) is 61.4 Å². The lowest BCUT2D eigenvalue weighted by molar-refractivity contribution is 1.06. The number of nitrogens with zero attached hydrogens (tertiary/aromatic N) is 1. The predicted octanol–water partition coefficient (Wildman–Crippen LogP) is 5.89. The highest BCUT2D eigenvalue weighted by Crippen LogP contribution is 2.29. The molecule has 3 rings (SSSR count). The number of rotatable bonds is 5. The molecule has 0 saturated carbocycles. The fraction of sp³-hybridized carbons (Fsp3) is 0.136. The van der Waals surface area contributed by atoms with E-state index >= 15 is 0 Å². The summed E-state index contributed by atoms with van der Waals surface area (Å²) in [7, 11) is 0. The Kier molecular flexibility index (Phi) is 5.07. The molecule has 1 N–H and O–H groups in total. The van der Waals surface area contributed by atoms with E-state index in [9.17, 15) is 0 Å². The molecule has 0 aromatic heterocycles. The minimum absolute atomic E-state index is 1.06. The second-order valence-corrected chi connectivity index (χ2v) is 5.95. The van der Waals surface area contributed by atoms with Crippen LogP contribution in [0, 0.1) is 6.92 Å². The van der Waals surface area contributed by atoms with E-state index in [4.69, 9.17) is 0 Å². The second-order valence-electron chi connectivity index (χ2n) is 5.95. The molecule has 0 saturated heterocycles. The van der Waals surface area contributed by atoms with Crippen molar-refractivity contribution >= 4 is 12.4 Å². The number of hydrogen-bond acceptors (Lipinski definition) is 2. The predicted molar refractivity (Wildman–Crippen MR) is 104 cm³/mol. The highest BCUT2D eigenvalue weighted by Gasteiger charge is 2.11. The molecule has 1 aliphatic carbocycles. The van der Waals surface area contributed by atoms with Gasteiger partial charge in [0.15, 0.2) is 0 Å². The Balaban J connectivity index is 1.81. The molecule has 2 nitrogen and oxygen atoms in total. The SMILES string of the molecule is C=N/C=C\C=C1/CCC=C1Nc1cccc(-c2cccc(C)c2)c1. The van der Waals surface area contributed by atoms with Crippen molar-refractivity contribution in [2.24, 2.45) is 4.99 Å². The molecular formula is C22H22N2. The zero-order valence-corrected chi connectivity index (χ0v) is 14.0. The van der Waals surface area contributed by atoms with Crippen LogP contribution in [0.4, 0.5) is 5.69 Å². The summed E-state index contributed by atoms with van der Waals surface area (Å²) in [5.41, 5.74) is 7.34. The molecule has 0 aliphatic heterocycles. The van der Waals surface area contributed by atoms with Crippen molar-refractivity contribution in [2.45, 2.75) is 19.8 Å². The molecule has 0 atom stereocenters. The molecule has 0 fully saturated rings. The summed E-state index contributed by atoms with van der Waals surface area (Å²) >= 11 is 0. The number of nitrogens with one attached hydrogen (secondary N) is 1. The second kappa shape index (κ2) is 7.60. The van der Waals surface area contributed by atoms with E-state index in [1.54, 1.807) is 6.20 Å². The first-order valence-corrected chi connectivity index (χ1v) is 8.22. The summed E-state index contributed by atoms with van der Waals surface area (Å²) in [5.74, 6) is 0. The lowest BCUT2D eigenvalue weighted by Gasteiger charge is -2.11. The van der Waals surface area contributed by atoms with Crippen molar-refractivity contribution in [3.63, 3.8) is 0 Å². The summed E-state index contributed by atoms with van der Waals surface area (Å²) in [6.07, 6.45) is 10.1. The van der Waals surface area contributed by atoms with Gasteiger partial charge in [0.25, 0.3) is 0 Å². The maximum absolute atomic E-state index is 3.74. The molecule has 120 valence electrons. The first kappa shape index (κ1) is 16.0. The molecule has 0 unspecified atom stereocenters. The summed E-state index contributed by atoms with van der Waals surface area (Å²) in [5, 5.41) is 3.56. The number of benzene rings is 2. The van der Waals surface area contributed by atoms with Gasteiger partial charge in [0.2, 0.25) is 0 Å². The van der Waals surface area contributed by atoms with Crippen molar-refractivity contribution in [1.29, 1.82) is 0 Å².